The van der Waals surface area contributed by atoms with Gasteiger partial charge in [-0.2, -0.15) is 5.10 Å². The molecule has 0 bridgehead atoms. The van der Waals surface area contributed by atoms with E-state index in [0.29, 0.717) is 0 Å². The minimum Gasteiger partial charge on any atom is -0.388 e. The number of hydrogen-bond acceptors (Lipinski definition) is 2. The number of nitrogens with zero attached hydrogens (tertiary/aromatic N) is 2. The zero-order chi connectivity index (χ0) is 15.6. The van der Waals surface area contributed by atoms with Crippen molar-refractivity contribution in [2.75, 3.05) is 12.4 Å². The molecule has 22 heavy (non-hydrogen) atoms. The number of para-hydroxylation sites is 2. The van der Waals surface area contributed by atoms with Gasteiger partial charge in [0, 0.05) is 24.3 Å². The van der Waals surface area contributed by atoms with E-state index in [9.17, 15) is 0 Å². The van der Waals surface area contributed by atoms with Gasteiger partial charge in [-0.25, -0.2) is 4.68 Å². The van der Waals surface area contributed by atoms with Crippen LogP contribution in [0.2, 0.25) is 0 Å². The van der Waals surface area contributed by atoms with Crippen LogP contribution in [0.4, 0.5) is 5.69 Å². The van der Waals surface area contributed by atoms with Crippen LogP contribution in [0.5, 0.6) is 0 Å². The number of nitrogens with one attached hydrogen (secondary N) is 1. The highest BCUT2D eigenvalue weighted by Gasteiger charge is 2.29. The molecule has 0 spiro atoms. The zero-order valence-corrected chi connectivity index (χ0v) is 13.2. The van der Waals surface area contributed by atoms with Crippen molar-refractivity contribution in [2.24, 2.45) is 0 Å². The fourth-order valence-corrected chi connectivity index (χ4v) is 2.94. The van der Waals surface area contributed by atoms with Gasteiger partial charge in [-0.3, -0.25) is 0 Å². The Balaban J connectivity index is 2.13. The second-order valence-electron chi connectivity index (χ2n) is 5.88. The Morgan fingerprint density at radius 1 is 0.909 bits per heavy atom. The van der Waals surface area contributed by atoms with Crippen molar-refractivity contribution in [3.8, 4) is 5.69 Å². The van der Waals surface area contributed by atoms with Crippen molar-refractivity contribution in [3.05, 3.63) is 78.1 Å². The largest absolute Gasteiger partial charge is 0.388 e. The van der Waals surface area contributed by atoms with Crippen LogP contribution in [0.15, 0.2) is 66.9 Å². The lowest BCUT2D eigenvalue weighted by molar-refractivity contribution is 0.587. The number of anilines is 1. The molecule has 0 saturated carbocycles. The first-order valence-electron chi connectivity index (χ1n) is 7.52. The Kier molecular flexibility index (Phi) is 3.72. The van der Waals surface area contributed by atoms with Crippen LogP contribution in [0, 0.1) is 0 Å². The molecule has 0 saturated heterocycles. The van der Waals surface area contributed by atoms with E-state index < -0.39 is 0 Å². The van der Waals surface area contributed by atoms with Crippen molar-refractivity contribution in [1.82, 2.24) is 9.78 Å². The molecule has 3 rings (SSSR count). The SMILES string of the molecule is CNc1ccccc1C(C)(C)c1ccnn1-c1ccccc1. The average molecular weight is 291 g/mol. The summed E-state index contributed by atoms with van der Waals surface area (Å²) in [5.74, 6) is 0. The van der Waals surface area contributed by atoms with Gasteiger partial charge in [0.2, 0.25) is 0 Å². The lowest BCUT2D eigenvalue weighted by Crippen LogP contribution is -2.24. The molecule has 3 nitrogen and oxygen atoms in total. The van der Waals surface area contributed by atoms with Crippen LogP contribution in [0.1, 0.15) is 25.1 Å². The number of aromatic nitrogens is 2. The third-order valence-corrected chi connectivity index (χ3v) is 4.15. The maximum atomic E-state index is 4.53. The molecule has 2 aromatic carbocycles. The summed E-state index contributed by atoms with van der Waals surface area (Å²) in [6, 6.07) is 20.8. The Hall–Kier alpha value is -2.55. The summed E-state index contributed by atoms with van der Waals surface area (Å²) in [6.07, 6.45) is 1.87. The lowest BCUT2D eigenvalue weighted by Gasteiger charge is -2.28. The second-order valence-corrected chi connectivity index (χ2v) is 5.88. The van der Waals surface area contributed by atoms with E-state index in [-0.39, 0.29) is 5.41 Å². The molecule has 1 heterocycles. The standard InChI is InChI=1S/C19H21N3/c1-19(2,16-11-7-8-12-17(16)20-3)18-13-14-21-22(18)15-9-5-4-6-10-15/h4-14,20H,1-3H3. The van der Waals surface area contributed by atoms with E-state index in [1.807, 2.05) is 36.1 Å². The molecule has 0 aliphatic carbocycles. The van der Waals surface area contributed by atoms with Crippen molar-refractivity contribution in [2.45, 2.75) is 19.3 Å². The van der Waals surface area contributed by atoms with Crippen molar-refractivity contribution < 1.29 is 0 Å². The van der Waals surface area contributed by atoms with Gasteiger partial charge in [0.15, 0.2) is 0 Å². The molecule has 1 aromatic heterocycles. The Morgan fingerprint density at radius 3 is 2.32 bits per heavy atom. The van der Waals surface area contributed by atoms with Gasteiger partial charge in [-0.1, -0.05) is 50.2 Å². The zero-order valence-electron chi connectivity index (χ0n) is 13.2. The number of rotatable bonds is 4. The molecule has 0 aliphatic rings. The fourth-order valence-electron chi connectivity index (χ4n) is 2.94. The number of benzene rings is 2. The number of hydrogen-bond donors (Lipinski definition) is 1. The van der Waals surface area contributed by atoms with Crippen LogP contribution in [0.3, 0.4) is 0 Å². The van der Waals surface area contributed by atoms with Crippen LogP contribution < -0.4 is 5.32 Å². The molecule has 0 atom stereocenters. The summed E-state index contributed by atoms with van der Waals surface area (Å²) in [5.41, 5.74) is 4.49. The molecule has 0 fully saturated rings. The van der Waals surface area contributed by atoms with E-state index >= 15 is 0 Å². The van der Waals surface area contributed by atoms with Crippen LogP contribution in [0.25, 0.3) is 5.69 Å². The third kappa shape index (κ3) is 2.39. The van der Waals surface area contributed by atoms with Gasteiger partial charge < -0.3 is 5.32 Å². The van der Waals surface area contributed by atoms with E-state index in [4.69, 9.17) is 0 Å². The molecule has 3 aromatic rings. The van der Waals surface area contributed by atoms with E-state index in [1.54, 1.807) is 0 Å². The van der Waals surface area contributed by atoms with E-state index in [1.165, 1.54) is 11.3 Å². The summed E-state index contributed by atoms with van der Waals surface area (Å²) < 4.78 is 2.02. The molecular weight excluding hydrogens is 270 g/mol. The van der Waals surface area contributed by atoms with Crippen LogP contribution >= 0.6 is 0 Å². The Labute approximate surface area is 131 Å². The summed E-state index contributed by atoms with van der Waals surface area (Å²) in [7, 11) is 1.96. The lowest BCUT2D eigenvalue weighted by atomic mass is 9.80. The maximum Gasteiger partial charge on any atom is 0.0649 e. The Morgan fingerprint density at radius 2 is 1.59 bits per heavy atom. The summed E-state index contributed by atoms with van der Waals surface area (Å²) in [5, 5.41) is 7.82. The summed E-state index contributed by atoms with van der Waals surface area (Å²) >= 11 is 0. The minimum absolute atomic E-state index is 0.161. The van der Waals surface area contributed by atoms with Crippen molar-refractivity contribution in [3.63, 3.8) is 0 Å². The highest BCUT2D eigenvalue weighted by atomic mass is 15.3. The van der Waals surface area contributed by atoms with Crippen molar-refractivity contribution >= 4 is 5.69 Å². The fraction of sp³-hybridized carbons (Fsp3) is 0.211. The molecule has 112 valence electrons. The first-order chi connectivity index (χ1) is 10.6. The first-order valence-corrected chi connectivity index (χ1v) is 7.52. The van der Waals surface area contributed by atoms with Gasteiger partial charge in [0.25, 0.3) is 0 Å². The normalized spacial score (nSPS) is 11.4. The molecule has 0 aliphatic heterocycles. The third-order valence-electron chi connectivity index (χ3n) is 4.15. The first kappa shape index (κ1) is 14.4. The van der Waals surface area contributed by atoms with Gasteiger partial charge in [0.1, 0.15) is 0 Å². The molecule has 0 unspecified atom stereocenters. The second kappa shape index (κ2) is 5.68. The maximum absolute atomic E-state index is 4.53. The minimum atomic E-state index is -0.161. The molecule has 3 heteroatoms. The highest BCUT2D eigenvalue weighted by Crippen LogP contribution is 2.36. The van der Waals surface area contributed by atoms with Gasteiger partial charge in [-0.15, -0.1) is 0 Å². The van der Waals surface area contributed by atoms with Crippen molar-refractivity contribution in [1.29, 1.82) is 0 Å². The smallest absolute Gasteiger partial charge is 0.0649 e. The molecule has 1 N–H and O–H groups in total. The average Bonchev–Trinajstić information content (AvgIpc) is 3.06. The quantitative estimate of drug-likeness (QED) is 0.779. The van der Waals surface area contributed by atoms with Crippen LogP contribution in [-0.4, -0.2) is 16.8 Å². The monoisotopic (exact) mass is 291 g/mol. The molecule has 0 amide bonds. The van der Waals surface area contributed by atoms with E-state index in [2.05, 4.69) is 66.7 Å². The van der Waals surface area contributed by atoms with Gasteiger partial charge >= 0.3 is 0 Å². The predicted molar refractivity (Wildman–Crippen MR) is 91.7 cm³/mol. The van der Waals surface area contributed by atoms with Gasteiger partial charge in [0.05, 0.1) is 11.4 Å². The predicted octanol–water partition coefficient (Wildman–Crippen LogP) is 4.24. The molecular formula is C19H21N3. The molecule has 0 radical (unpaired) electrons. The van der Waals surface area contributed by atoms with Crippen LogP contribution in [-0.2, 0) is 5.41 Å². The van der Waals surface area contributed by atoms with Gasteiger partial charge in [-0.05, 0) is 29.8 Å². The Bertz CT molecular complexity index is 757. The summed E-state index contributed by atoms with van der Waals surface area (Å²) in [6.45, 7) is 4.47. The highest BCUT2D eigenvalue weighted by molar-refractivity contribution is 5.57. The van der Waals surface area contributed by atoms with E-state index in [0.717, 1.165) is 11.4 Å². The summed E-state index contributed by atoms with van der Waals surface area (Å²) in [4.78, 5) is 0. The topological polar surface area (TPSA) is 29.9 Å².